The molecule has 0 aliphatic heterocycles. The number of rotatable bonds is 2. The molecule has 0 saturated heterocycles. The van der Waals surface area contributed by atoms with Crippen LogP contribution >= 0.6 is 0 Å². The fourth-order valence-corrected chi connectivity index (χ4v) is 0.739. The van der Waals surface area contributed by atoms with Crippen LogP contribution in [-0.2, 0) is 4.79 Å². The highest BCUT2D eigenvalue weighted by atomic mass is 16.1. The summed E-state index contributed by atoms with van der Waals surface area (Å²) in [6.07, 6.45) is 0.620. The maximum Gasteiger partial charge on any atom is 0.142 e. The van der Waals surface area contributed by atoms with Gasteiger partial charge < -0.3 is 4.79 Å². The number of nitrogens with one attached hydrogen (secondary N) is 1. The summed E-state index contributed by atoms with van der Waals surface area (Å²) in [5.41, 5.74) is 7.94. The Morgan fingerprint density at radius 1 is 1.30 bits per heavy atom. The second kappa shape index (κ2) is 3.13. The lowest BCUT2D eigenvalue weighted by atomic mass is 10.1. The molecule has 1 radical (unpaired) electrons. The molecule has 1 rings (SSSR count). The molecule has 0 amide bonds. The average molecular weight is 134 g/mol. The van der Waals surface area contributed by atoms with Gasteiger partial charge in [0.25, 0.3) is 0 Å². The zero-order chi connectivity index (χ0) is 7.40. The van der Waals surface area contributed by atoms with Crippen LogP contribution in [0.5, 0.6) is 0 Å². The van der Waals surface area contributed by atoms with Crippen molar-refractivity contribution in [1.29, 1.82) is 0 Å². The summed E-state index contributed by atoms with van der Waals surface area (Å²) in [5.74, 6) is 0. The molecule has 1 aromatic rings. The third kappa shape index (κ3) is 1.42. The lowest BCUT2D eigenvalue weighted by Gasteiger charge is -1.99. The van der Waals surface area contributed by atoms with Gasteiger partial charge in [-0.1, -0.05) is 30.3 Å². The van der Waals surface area contributed by atoms with E-state index in [9.17, 15) is 4.79 Å². The summed E-state index contributed by atoms with van der Waals surface area (Å²) < 4.78 is 0. The molecule has 0 heterocycles. The van der Waals surface area contributed by atoms with Gasteiger partial charge in [-0.15, -0.1) is 0 Å². The van der Waals surface area contributed by atoms with Gasteiger partial charge in [-0.05, 0) is 5.56 Å². The maximum atomic E-state index is 10.1. The summed E-state index contributed by atoms with van der Waals surface area (Å²) in [4.78, 5) is 10.1. The lowest BCUT2D eigenvalue weighted by Crippen LogP contribution is -1.99. The number of carbonyl (C=O) groups excluding carboxylic acids is 1. The lowest BCUT2D eigenvalue weighted by molar-refractivity contribution is -0.109. The molecule has 0 aliphatic rings. The van der Waals surface area contributed by atoms with Crippen molar-refractivity contribution < 1.29 is 4.79 Å². The van der Waals surface area contributed by atoms with Crippen molar-refractivity contribution in [3.63, 3.8) is 0 Å². The van der Waals surface area contributed by atoms with Crippen molar-refractivity contribution in [2.45, 2.75) is 6.04 Å². The average Bonchev–Trinajstić information content (AvgIpc) is 2.05. The minimum Gasteiger partial charge on any atom is -0.301 e. The molecule has 0 spiro atoms. The quantitative estimate of drug-likeness (QED) is 0.560. The van der Waals surface area contributed by atoms with Crippen molar-refractivity contribution >= 4 is 6.29 Å². The molecule has 2 heteroatoms. The van der Waals surface area contributed by atoms with Crippen molar-refractivity contribution in [2.24, 2.45) is 0 Å². The highest BCUT2D eigenvalue weighted by Gasteiger charge is 2.01. The second-order valence-corrected chi connectivity index (χ2v) is 2.02. The van der Waals surface area contributed by atoms with Gasteiger partial charge in [-0.3, -0.25) is 0 Å². The molecule has 1 atom stereocenters. The van der Waals surface area contributed by atoms with Crippen molar-refractivity contribution in [3.05, 3.63) is 35.9 Å². The zero-order valence-corrected chi connectivity index (χ0v) is 5.45. The molecule has 0 aliphatic carbocycles. The third-order valence-electron chi connectivity index (χ3n) is 1.29. The first kappa shape index (κ1) is 6.96. The van der Waals surface area contributed by atoms with Gasteiger partial charge in [0.05, 0.1) is 0 Å². The van der Waals surface area contributed by atoms with Gasteiger partial charge in [-0.25, -0.2) is 5.73 Å². The van der Waals surface area contributed by atoms with E-state index in [1.165, 1.54) is 0 Å². The monoisotopic (exact) mass is 134 g/mol. The number of carbonyl (C=O) groups is 1. The highest BCUT2D eigenvalue weighted by molar-refractivity contribution is 5.60. The van der Waals surface area contributed by atoms with E-state index in [2.05, 4.69) is 0 Å². The standard InChI is InChI=1S/C8H8NO/c9-8(6-10)7-4-2-1-3-5-7/h1-6,8-9H/t8-/m1/s1. The summed E-state index contributed by atoms with van der Waals surface area (Å²) in [6, 6.07) is 8.32. The molecule has 1 N–H and O–H groups in total. The van der Waals surface area contributed by atoms with Crippen LogP contribution in [0.25, 0.3) is 0 Å². The fraction of sp³-hybridized carbons (Fsp3) is 0.125. The van der Waals surface area contributed by atoms with Crippen LogP contribution in [0.2, 0.25) is 0 Å². The van der Waals surface area contributed by atoms with E-state index in [1.807, 2.05) is 18.2 Å². The van der Waals surface area contributed by atoms with Gasteiger partial charge in [0, 0.05) is 0 Å². The molecule has 1 aromatic carbocycles. The first-order chi connectivity index (χ1) is 4.84. The van der Waals surface area contributed by atoms with E-state index < -0.39 is 6.04 Å². The van der Waals surface area contributed by atoms with Gasteiger partial charge in [-0.2, -0.15) is 0 Å². The normalized spacial score (nSPS) is 12.5. The van der Waals surface area contributed by atoms with E-state index in [1.54, 1.807) is 12.1 Å². The minimum atomic E-state index is -0.721. The van der Waals surface area contributed by atoms with Crippen LogP contribution in [0.3, 0.4) is 0 Å². The van der Waals surface area contributed by atoms with Gasteiger partial charge in [0.15, 0.2) is 0 Å². The van der Waals surface area contributed by atoms with Crippen molar-refractivity contribution in [3.8, 4) is 0 Å². The molecule has 0 saturated carbocycles. The summed E-state index contributed by atoms with van der Waals surface area (Å²) in [6.45, 7) is 0. The third-order valence-corrected chi connectivity index (χ3v) is 1.29. The van der Waals surface area contributed by atoms with Crippen molar-refractivity contribution in [1.82, 2.24) is 5.73 Å². The SMILES string of the molecule is [NH][C@H](C=O)c1ccccc1. The number of benzene rings is 1. The Kier molecular flexibility index (Phi) is 2.18. The first-order valence-corrected chi connectivity index (χ1v) is 3.06. The predicted octanol–water partition coefficient (Wildman–Crippen LogP) is 1.21. The molecule has 2 nitrogen and oxygen atoms in total. The molecule has 0 unspecified atom stereocenters. The Bertz CT molecular complexity index is 208. The molecular formula is C8H8NO. The Hall–Kier alpha value is -1.15. The molecule has 51 valence electrons. The highest BCUT2D eigenvalue weighted by Crippen LogP contribution is 2.06. The summed E-state index contributed by atoms with van der Waals surface area (Å²) >= 11 is 0. The molecule has 0 bridgehead atoms. The van der Waals surface area contributed by atoms with E-state index in [4.69, 9.17) is 5.73 Å². The van der Waals surface area contributed by atoms with Crippen LogP contribution in [0.1, 0.15) is 11.6 Å². The van der Waals surface area contributed by atoms with Crippen LogP contribution in [0, 0.1) is 0 Å². The van der Waals surface area contributed by atoms with Crippen LogP contribution in [0.4, 0.5) is 0 Å². The summed E-state index contributed by atoms with van der Waals surface area (Å²) in [5, 5.41) is 0. The predicted molar refractivity (Wildman–Crippen MR) is 38.3 cm³/mol. The largest absolute Gasteiger partial charge is 0.301 e. The van der Waals surface area contributed by atoms with Crippen LogP contribution < -0.4 is 5.73 Å². The topological polar surface area (TPSA) is 40.9 Å². The first-order valence-electron chi connectivity index (χ1n) is 3.06. The Balaban J connectivity index is 2.84. The minimum absolute atomic E-state index is 0.620. The second-order valence-electron chi connectivity index (χ2n) is 2.02. The Morgan fingerprint density at radius 3 is 2.40 bits per heavy atom. The van der Waals surface area contributed by atoms with Crippen molar-refractivity contribution in [2.75, 3.05) is 0 Å². The van der Waals surface area contributed by atoms with E-state index in [0.717, 1.165) is 5.56 Å². The Labute approximate surface area is 59.7 Å². The van der Waals surface area contributed by atoms with Gasteiger partial charge in [0.1, 0.15) is 12.3 Å². The van der Waals surface area contributed by atoms with E-state index in [0.29, 0.717) is 6.29 Å². The Morgan fingerprint density at radius 2 is 1.90 bits per heavy atom. The van der Waals surface area contributed by atoms with Crippen LogP contribution in [-0.4, -0.2) is 6.29 Å². The molecule has 10 heavy (non-hydrogen) atoms. The summed E-state index contributed by atoms with van der Waals surface area (Å²) in [7, 11) is 0. The van der Waals surface area contributed by atoms with Gasteiger partial charge >= 0.3 is 0 Å². The molecule has 0 aromatic heterocycles. The molecular weight excluding hydrogens is 126 g/mol. The molecule has 0 fully saturated rings. The van der Waals surface area contributed by atoms with E-state index >= 15 is 0 Å². The van der Waals surface area contributed by atoms with Gasteiger partial charge in [0.2, 0.25) is 0 Å². The zero-order valence-electron chi connectivity index (χ0n) is 5.45. The van der Waals surface area contributed by atoms with E-state index in [-0.39, 0.29) is 0 Å². The number of aldehydes is 1. The smallest absolute Gasteiger partial charge is 0.142 e. The fourth-order valence-electron chi connectivity index (χ4n) is 0.739. The van der Waals surface area contributed by atoms with Crippen LogP contribution in [0.15, 0.2) is 30.3 Å². The number of hydrogen-bond acceptors (Lipinski definition) is 1. The number of hydrogen-bond donors (Lipinski definition) is 0. The maximum absolute atomic E-state index is 10.1.